The molecule has 1 aromatic heterocycles. The summed E-state index contributed by atoms with van der Waals surface area (Å²) in [6, 6.07) is 10.0. The highest BCUT2D eigenvalue weighted by Gasteiger charge is 2.32. The highest BCUT2D eigenvalue weighted by Crippen LogP contribution is 2.24. The van der Waals surface area contributed by atoms with Gasteiger partial charge >= 0.3 is 6.03 Å². The number of hydrogen-bond acceptors (Lipinski definition) is 6. The van der Waals surface area contributed by atoms with Gasteiger partial charge in [0.1, 0.15) is 0 Å². The number of nitrogens with one attached hydrogen (secondary N) is 2. The molecule has 1 atom stereocenters. The number of nitrogens with zero attached hydrogens (tertiary/aromatic N) is 4. The third kappa shape index (κ3) is 5.23. The van der Waals surface area contributed by atoms with E-state index in [1.807, 2.05) is 40.6 Å². The summed E-state index contributed by atoms with van der Waals surface area (Å²) in [6.45, 7) is 9.02. The minimum Gasteiger partial charge on any atom is -0.338 e. The van der Waals surface area contributed by atoms with Crippen molar-refractivity contribution < 1.29 is 9.59 Å². The predicted molar refractivity (Wildman–Crippen MR) is 123 cm³/mol. The summed E-state index contributed by atoms with van der Waals surface area (Å²) < 4.78 is 0. The van der Waals surface area contributed by atoms with Gasteiger partial charge < -0.3 is 15.1 Å². The van der Waals surface area contributed by atoms with Crippen LogP contribution >= 0.6 is 11.3 Å². The molecule has 0 bridgehead atoms. The lowest BCUT2D eigenvalue weighted by molar-refractivity contribution is -0.136. The zero-order valence-electron chi connectivity index (χ0n) is 18.1. The molecule has 0 aliphatic carbocycles. The van der Waals surface area contributed by atoms with Gasteiger partial charge in [-0.15, -0.1) is 11.3 Å². The van der Waals surface area contributed by atoms with E-state index in [0.717, 1.165) is 30.9 Å². The molecule has 9 heteroatoms. The van der Waals surface area contributed by atoms with Crippen LogP contribution in [-0.4, -0.2) is 89.5 Å². The maximum Gasteiger partial charge on any atom is 0.323 e. The van der Waals surface area contributed by atoms with Crippen molar-refractivity contribution >= 4 is 28.4 Å². The Hall–Kier alpha value is -2.49. The number of rotatable bonds is 4. The molecule has 0 radical (unpaired) electrons. The summed E-state index contributed by atoms with van der Waals surface area (Å²) in [4.78, 5) is 36.1. The van der Waals surface area contributed by atoms with Gasteiger partial charge in [-0.05, 0) is 13.8 Å². The van der Waals surface area contributed by atoms with Gasteiger partial charge in [0.25, 0.3) is 0 Å². The molecular formula is C22H30N6O2S. The van der Waals surface area contributed by atoms with Gasteiger partial charge in [-0.25, -0.2) is 9.78 Å². The molecule has 0 spiro atoms. The largest absolute Gasteiger partial charge is 0.338 e. The summed E-state index contributed by atoms with van der Waals surface area (Å²) in [7, 11) is 0. The van der Waals surface area contributed by atoms with Gasteiger partial charge in [0.05, 0.1) is 11.7 Å². The first-order chi connectivity index (χ1) is 15.0. The van der Waals surface area contributed by atoms with Gasteiger partial charge in [0.15, 0.2) is 5.13 Å². The Kier molecular flexibility index (Phi) is 6.84. The molecule has 166 valence electrons. The smallest absolute Gasteiger partial charge is 0.323 e. The van der Waals surface area contributed by atoms with Crippen LogP contribution < -0.4 is 10.6 Å². The number of carbonyl (C=O) groups excluding carboxylic acids is 2. The number of anilines is 1. The molecule has 2 aromatic rings. The van der Waals surface area contributed by atoms with Crippen molar-refractivity contribution in [1.29, 1.82) is 0 Å². The molecule has 2 N–H and O–H groups in total. The molecule has 4 rings (SSSR count). The van der Waals surface area contributed by atoms with Gasteiger partial charge in [-0.1, -0.05) is 30.3 Å². The molecule has 3 amide bonds. The lowest BCUT2D eigenvalue weighted by atomic mass is 10.1. The molecule has 2 aliphatic rings. The fourth-order valence-electron chi connectivity index (χ4n) is 4.00. The number of amides is 3. The number of aromatic nitrogens is 1. The summed E-state index contributed by atoms with van der Waals surface area (Å²) in [5.74, 6) is 0.137. The van der Waals surface area contributed by atoms with Crippen molar-refractivity contribution in [3.63, 3.8) is 0 Å². The monoisotopic (exact) mass is 442 g/mol. The van der Waals surface area contributed by atoms with Crippen molar-refractivity contribution in [1.82, 2.24) is 25.0 Å². The number of hydrogen-bond donors (Lipinski definition) is 2. The molecule has 31 heavy (non-hydrogen) atoms. The average Bonchev–Trinajstić information content (AvgIpc) is 3.28. The highest BCUT2D eigenvalue weighted by molar-refractivity contribution is 7.14. The summed E-state index contributed by atoms with van der Waals surface area (Å²) in [6.07, 6.45) is 0. The quantitative estimate of drug-likeness (QED) is 0.759. The van der Waals surface area contributed by atoms with E-state index in [1.54, 1.807) is 4.90 Å². The van der Waals surface area contributed by atoms with E-state index >= 15 is 0 Å². The number of carbonyl (C=O) groups is 2. The zero-order chi connectivity index (χ0) is 21.8. The van der Waals surface area contributed by atoms with Crippen LogP contribution in [0.15, 0.2) is 35.7 Å². The lowest BCUT2D eigenvalue weighted by Gasteiger charge is -2.40. The fourth-order valence-corrected chi connectivity index (χ4v) is 4.71. The van der Waals surface area contributed by atoms with Crippen LogP contribution in [0.1, 0.15) is 13.8 Å². The molecule has 2 fully saturated rings. The molecule has 2 saturated heterocycles. The van der Waals surface area contributed by atoms with Crippen LogP contribution in [0, 0.1) is 0 Å². The number of piperazine rings is 2. The van der Waals surface area contributed by atoms with E-state index in [9.17, 15) is 9.59 Å². The minimum atomic E-state index is -0.164. The third-order valence-corrected chi connectivity index (χ3v) is 6.66. The SMILES string of the molecule is CC(C)N1CCN[C@@H](C(=O)N2CCN(C(=O)Nc3nc(-c4ccccc4)cs3)CC2)C1. The number of urea groups is 1. The van der Waals surface area contributed by atoms with Crippen LogP contribution in [-0.2, 0) is 4.79 Å². The Morgan fingerprint density at radius 2 is 1.81 bits per heavy atom. The first kappa shape index (κ1) is 21.7. The molecular weight excluding hydrogens is 412 g/mol. The molecule has 1 aromatic carbocycles. The first-order valence-electron chi connectivity index (χ1n) is 10.8. The molecule has 0 saturated carbocycles. The van der Waals surface area contributed by atoms with Crippen molar-refractivity contribution in [2.75, 3.05) is 51.1 Å². The van der Waals surface area contributed by atoms with Crippen molar-refractivity contribution in [2.24, 2.45) is 0 Å². The van der Waals surface area contributed by atoms with Crippen LogP contribution in [0.2, 0.25) is 0 Å². The molecule has 2 aliphatic heterocycles. The van der Waals surface area contributed by atoms with E-state index in [1.165, 1.54) is 11.3 Å². The van der Waals surface area contributed by atoms with Gasteiger partial charge in [0.2, 0.25) is 5.91 Å². The number of thiazole rings is 1. The van der Waals surface area contributed by atoms with E-state index in [2.05, 4.69) is 34.4 Å². The molecule has 3 heterocycles. The topological polar surface area (TPSA) is 80.8 Å². The van der Waals surface area contributed by atoms with Gasteiger partial charge in [-0.2, -0.15) is 0 Å². The Morgan fingerprint density at radius 1 is 1.10 bits per heavy atom. The molecule has 0 unspecified atom stereocenters. The number of benzene rings is 1. The Balaban J connectivity index is 1.27. The Labute approximate surface area is 187 Å². The second-order valence-corrected chi connectivity index (χ2v) is 9.10. The van der Waals surface area contributed by atoms with E-state index < -0.39 is 0 Å². The zero-order valence-corrected chi connectivity index (χ0v) is 18.9. The van der Waals surface area contributed by atoms with Crippen LogP contribution in [0.4, 0.5) is 9.93 Å². The van der Waals surface area contributed by atoms with Crippen LogP contribution in [0.25, 0.3) is 11.3 Å². The molecule has 8 nitrogen and oxygen atoms in total. The van der Waals surface area contributed by atoms with E-state index in [0.29, 0.717) is 37.4 Å². The second-order valence-electron chi connectivity index (χ2n) is 8.24. The lowest BCUT2D eigenvalue weighted by Crippen LogP contribution is -2.61. The first-order valence-corrected chi connectivity index (χ1v) is 11.7. The van der Waals surface area contributed by atoms with Crippen LogP contribution in [0.3, 0.4) is 0 Å². The average molecular weight is 443 g/mol. The van der Waals surface area contributed by atoms with Crippen molar-refractivity contribution in [3.8, 4) is 11.3 Å². The third-order valence-electron chi connectivity index (χ3n) is 5.90. The van der Waals surface area contributed by atoms with Gasteiger partial charge in [-0.3, -0.25) is 15.0 Å². The Morgan fingerprint density at radius 3 is 2.52 bits per heavy atom. The second kappa shape index (κ2) is 9.76. The van der Waals surface area contributed by atoms with Crippen molar-refractivity contribution in [3.05, 3.63) is 35.7 Å². The standard InChI is InChI=1S/C22H30N6O2S/c1-16(2)28-9-8-23-18(14-28)20(29)26-10-12-27(13-11-26)22(30)25-21-24-19(15-31-21)17-6-4-3-5-7-17/h3-7,15-16,18,23H,8-14H2,1-2H3,(H,24,25,30)/t18-/m1/s1. The van der Waals surface area contributed by atoms with Crippen molar-refractivity contribution in [2.45, 2.75) is 25.9 Å². The summed E-state index contributed by atoms with van der Waals surface area (Å²) >= 11 is 1.42. The van der Waals surface area contributed by atoms with E-state index in [4.69, 9.17) is 0 Å². The van der Waals surface area contributed by atoms with Crippen LogP contribution in [0.5, 0.6) is 0 Å². The summed E-state index contributed by atoms with van der Waals surface area (Å²) in [5.41, 5.74) is 1.88. The predicted octanol–water partition coefficient (Wildman–Crippen LogP) is 2.17. The Bertz CT molecular complexity index is 894. The fraction of sp³-hybridized carbons (Fsp3) is 0.500. The maximum atomic E-state index is 12.9. The maximum absolute atomic E-state index is 12.9. The normalized spacial score (nSPS) is 20.2. The minimum absolute atomic E-state index is 0.137. The highest BCUT2D eigenvalue weighted by atomic mass is 32.1. The van der Waals surface area contributed by atoms with Gasteiger partial charge in [0, 0.05) is 62.8 Å². The van der Waals surface area contributed by atoms with E-state index in [-0.39, 0.29) is 18.0 Å². The summed E-state index contributed by atoms with van der Waals surface area (Å²) in [5, 5.41) is 8.78.